The maximum atomic E-state index is 11.7. The molecule has 0 aliphatic rings. The molecule has 0 N–H and O–H groups in total. The fourth-order valence-electron chi connectivity index (χ4n) is 3.13. The Bertz CT molecular complexity index is 1040. The minimum absolute atomic E-state index is 0.135. The third-order valence-electron chi connectivity index (χ3n) is 4.70. The first-order chi connectivity index (χ1) is 12.3. The summed E-state index contributed by atoms with van der Waals surface area (Å²) in [5, 5.41) is 0.760. The van der Waals surface area contributed by atoms with E-state index < -0.39 is 9.84 Å². The molecule has 3 aromatic rings. The van der Waals surface area contributed by atoms with E-state index >= 15 is 0 Å². The van der Waals surface area contributed by atoms with Gasteiger partial charge in [0.2, 0.25) is 0 Å². The van der Waals surface area contributed by atoms with Crippen LogP contribution in [0.1, 0.15) is 29.5 Å². The fraction of sp³-hybridized carbons (Fsp3) is 0.182. The lowest BCUT2D eigenvalue weighted by atomic mass is 9.87. The Balaban J connectivity index is 2.03. The van der Waals surface area contributed by atoms with Gasteiger partial charge in [0.15, 0.2) is 9.84 Å². The van der Waals surface area contributed by atoms with Gasteiger partial charge in [0.1, 0.15) is 0 Å². The van der Waals surface area contributed by atoms with E-state index in [4.69, 9.17) is 11.6 Å². The summed E-state index contributed by atoms with van der Waals surface area (Å²) in [4.78, 5) is 0.343. The zero-order valence-corrected chi connectivity index (χ0v) is 16.6. The van der Waals surface area contributed by atoms with Gasteiger partial charge < -0.3 is 0 Å². The molecule has 0 aliphatic carbocycles. The molecule has 0 spiro atoms. The van der Waals surface area contributed by atoms with E-state index in [1.54, 1.807) is 12.1 Å². The molecule has 0 amide bonds. The summed E-state index contributed by atoms with van der Waals surface area (Å²) >= 11 is 6.17. The van der Waals surface area contributed by atoms with Crippen molar-refractivity contribution < 1.29 is 8.42 Å². The van der Waals surface area contributed by atoms with Crippen molar-refractivity contribution in [2.75, 3.05) is 6.26 Å². The summed E-state index contributed by atoms with van der Waals surface area (Å²) in [5.41, 5.74) is 5.61. The van der Waals surface area contributed by atoms with E-state index in [1.165, 1.54) is 11.8 Å². The van der Waals surface area contributed by atoms with Crippen LogP contribution in [0.2, 0.25) is 5.02 Å². The smallest absolute Gasteiger partial charge is 0.175 e. The van der Waals surface area contributed by atoms with Gasteiger partial charge in [-0.3, -0.25) is 0 Å². The second kappa shape index (κ2) is 7.26. The first kappa shape index (κ1) is 18.7. The van der Waals surface area contributed by atoms with Crippen LogP contribution in [-0.4, -0.2) is 14.7 Å². The molecule has 0 saturated heterocycles. The van der Waals surface area contributed by atoms with Crippen LogP contribution >= 0.6 is 11.6 Å². The van der Waals surface area contributed by atoms with Gasteiger partial charge in [-0.2, -0.15) is 0 Å². The zero-order valence-electron chi connectivity index (χ0n) is 15.0. The van der Waals surface area contributed by atoms with Crippen molar-refractivity contribution in [3.05, 3.63) is 88.4 Å². The van der Waals surface area contributed by atoms with Crippen molar-refractivity contribution in [2.24, 2.45) is 0 Å². The number of benzene rings is 3. The molecule has 1 unspecified atom stereocenters. The van der Waals surface area contributed by atoms with E-state index in [2.05, 4.69) is 25.1 Å². The van der Waals surface area contributed by atoms with Crippen molar-refractivity contribution >= 4 is 21.4 Å². The minimum Gasteiger partial charge on any atom is -0.224 e. The van der Waals surface area contributed by atoms with Crippen LogP contribution in [0, 0.1) is 6.92 Å². The SMILES string of the molecule is Cc1cc(-c2ccccc2C(C)c2ccc(S(C)(=O)=O)cc2)ccc1Cl. The molecule has 0 aliphatic heterocycles. The molecule has 0 aromatic heterocycles. The Kier molecular flexibility index (Phi) is 5.22. The summed E-state index contributed by atoms with van der Waals surface area (Å²) in [7, 11) is -3.18. The number of halogens is 1. The predicted molar refractivity (Wildman–Crippen MR) is 109 cm³/mol. The van der Waals surface area contributed by atoms with Gasteiger partial charge in [0.25, 0.3) is 0 Å². The number of hydrogen-bond donors (Lipinski definition) is 0. The molecule has 0 saturated carbocycles. The van der Waals surface area contributed by atoms with E-state index in [9.17, 15) is 8.42 Å². The van der Waals surface area contributed by atoms with Crippen molar-refractivity contribution in [2.45, 2.75) is 24.7 Å². The quantitative estimate of drug-likeness (QED) is 0.563. The highest BCUT2D eigenvalue weighted by Gasteiger charge is 2.15. The van der Waals surface area contributed by atoms with Crippen LogP contribution in [0.15, 0.2) is 71.6 Å². The molecule has 0 bridgehead atoms. The van der Waals surface area contributed by atoms with E-state index in [0.717, 1.165) is 27.3 Å². The highest BCUT2D eigenvalue weighted by Crippen LogP contribution is 2.34. The monoisotopic (exact) mass is 384 g/mol. The Hall–Kier alpha value is -2.10. The molecule has 3 aromatic carbocycles. The fourth-order valence-corrected chi connectivity index (χ4v) is 3.88. The lowest BCUT2D eigenvalue weighted by Gasteiger charge is -2.18. The van der Waals surface area contributed by atoms with Crippen LogP contribution < -0.4 is 0 Å². The van der Waals surface area contributed by atoms with Crippen LogP contribution in [-0.2, 0) is 9.84 Å². The molecule has 3 rings (SSSR count). The molecular formula is C22H21ClO2S. The summed E-state index contributed by atoms with van der Waals surface area (Å²) in [5.74, 6) is 0.135. The Morgan fingerprint density at radius 2 is 1.58 bits per heavy atom. The van der Waals surface area contributed by atoms with Crippen molar-refractivity contribution in [1.29, 1.82) is 0 Å². The van der Waals surface area contributed by atoms with E-state index in [1.807, 2.05) is 43.3 Å². The Morgan fingerprint density at radius 3 is 2.19 bits per heavy atom. The number of sulfone groups is 1. The van der Waals surface area contributed by atoms with Crippen LogP contribution in [0.25, 0.3) is 11.1 Å². The number of rotatable bonds is 4. The zero-order chi connectivity index (χ0) is 18.9. The highest BCUT2D eigenvalue weighted by atomic mass is 35.5. The van der Waals surface area contributed by atoms with Gasteiger partial charge in [0.05, 0.1) is 4.90 Å². The molecule has 4 heteroatoms. The summed E-state index contributed by atoms with van der Waals surface area (Å²) in [6.45, 7) is 4.14. The van der Waals surface area contributed by atoms with Crippen LogP contribution in [0.5, 0.6) is 0 Å². The molecular weight excluding hydrogens is 364 g/mol. The average molecular weight is 385 g/mol. The molecule has 2 nitrogen and oxygen atoms in total. The standard InChI is InChI=1S/C22H21ClO2S/c1-15-14-18(10-13-22(15)23)21-7-5-4-6-20(21)16(2)17-8-11-19(12-9-17)26(3,24)25/h4-14,16H,1-3H3. The number of aryl methyl sites for hydroxylation is 1. The average Bonchev–Trinajstić information content (AvgIpc) is 2.63. The maximum Gasteiger partial charge on any atom is 0.175 e. The van der Waals surface area contributed by atoms with Crippen LogP contribution in [0.3, 0.4) is 0 Å². The van der Waals surface area contributed by atoms with Crippen molar-refractivity contribution in [1.82, 2.24) is 0 Å². The minimum atomic E-state index is -3.18. The normalized spacial score (nSPS) is 12.8. The molecule has 1 atom stereocenters. The molecule has 134 valence electrons. The third-order valence-corrected chi connectivity index (χ3v) is 6.26. The molecule has 26 heavy (non-hydrogen) atoms. The first-order valence-electron chi connectivity index (χ1n) is 8.43. The Labute approximate surface area is 160 Å². The maximum absolute atomic E-state index is 11.7. The van der Waals surface area contributed by atoms with E-state index in [-0.39, 0.29) is 5.92 Å². The molecule has 0 fully saturated rings. The van der Waals surface area contributed by atoms with Gasteiger partial charge in [-0.25, -0.2) is 8.42 Å². The summed E-state index contributed by atoms with van der Waals surface area (Å²) < 4.78 is 23.3. The van der Waals surface area contributed by atoms with Gasteiger partial charge in [-0.05, 0) is 59.0 Å². The molecule has 0 heterocycles. The molecule has 0 radical (unpaired) electrons. The second-order valence-corrected chi connectivity index (χ2v) is 9.04. The summed E-state index contributed by atoms with van der Waals surface area (Å²) in [6, 6.07) is 21.5. The van der Waals surface area contributed by atoms with Gasteiger partial charge in [0, 0.05) is 17.2 Å². The van der Waals surface area contributed by atoms with Gasteiger partial charge in [-0.1, -0.05) is 61.0 Å². The van der Waals surface area contributed by atoms with Crippen LogP contribution in [0.4, 0.5) is 0 Å². The lowest BCUT2D eigenvalue weighted by Crippen LogP contribution is -2.01. The first-order valence-corrected chi connectivity index (χ1v) is 10.7. The number of hydrogen-bond acceptors (Lipinski definition) is 2. The lowest BCUT2D eigenvalue weighted by molar-refractivity contribution is 0.602. The topological polar surface area (TPSA) is 34.1 Å². The Morgan fingerprint density at radius 1 is 0.923 bits per heavy atom. The predicted octanol–water partition coefficient (Wildman–Crippen LogP) is 5.87. The third kappa shape index (κ3) is 3.84. The van der Waals surface area contributed by atoms with Gasteiger partial charge >= 0.3 is 0 Å². The second-order valence-electron chi connectivity index (χ2n) is 6.61. The van der Waals surface area contributed by atoms with Gasteiger partial charge in [-0.15, -0.1) is 0 Å². The largest absolute Gasteiger partial charge is 0.224 e. The highest BCUT2D eigenvalue weighted by molar-refractivity contribution is 7.90. The van der Waals surface area contributed by atoms with E-state index in [0.29, 0.717) is 4.90 Å². The van der Waals surface area contributed by atoms with Crippen molar-refractivity contribution in [3.8, 4) is 11.1 Å². The summed E-state index contributed by atoms with van der Waals surface area (Å²) in [6.07, 6.45) is 1.23. The van der Waals surface area contributed by atoms with Crippen molar-refractivity contribution in [3.63, 3.8) is 0 Å².